The molecule has 0 saturated carbocycles. The molecule has 0 saturated heterocycles. The number of rotatable bonds is 8. The summed E-state index contributed by atoms with van der Waals surface area (Å²) in [5, 5.41) is 14.2. The molecule has 0 bridgehead atoms. The van der Waals surface area contributed by atoms with Crippen LogP contribution in [0.1, 0.15) is 13.3 Å². The van der Waals surface area contributed by atoms with Gasteiger partial charge in [-0.15, -0.1) is 0 Å². The molecule has 0 aliphatic heterocycles. The van der Waals surface area contributed by atoms with E-state index >= 15 is 0 Å². The minimum absolute atomic E-state index is 0.0712. The predicted octanol–water partition coefficient (Wildman–Crippen LogP) is 1.95. The van der Waals surface area contributed by atoms with Crippen LogP contribution in [0.3, 0.4) is 0 Å². The lowest BCUT2D eigenvalue weighted by Crippen LogP contribution is -2.06. The summed E-state index contributed by atoms with van der Waals surface area (Å²) in [5.74, 6) is 1.03. The van der Waals surface area contributed by atoms with Gasteiger partial charge in [-0.3, -0.25) is 10.1 Å². The second-order valence-electron chi connectivity index (χ2n) is 3.41. The molecule has 0 spiro atoms. The van der Waals surface area contributed by atoms with Crippen LogP contribution in [0.2, 0.25) is 0 Å². The van der Waals surface area contributed by atoms with Gasteiger partial charge in [0.25, 0.3) is 0 Å². The summed E-state index contributed by atoms with van der Waals surface area (Å²) >= 11 is 1.29. The zero-order chi connectivity index (χ0) is 13.4. The molecule has 8 heteroatoms. The van der Waals surface area contributed by atoms with Gasteiger partial charge in [-0.05, 0) is 6.42 Å². The molecule has 1 rings (SSSR count). The summed E-state index contributed by atoms with van der Waals surface area (Å²) in [6.45, 7) is 3.27. The maximum Gasteiger partial charge on any atom is 0.319 e. The van der Waals surface area contributed by atoms with Gasteiger partial charge in [0, 0.05) is 19.4 Å². The number of nitrogens with zero attached hydrogens (tertiary/aromatic N) is 3. The number of aromatic nitrogens is 2. The summed E-state index contributed by atoms with van der Waals surface area (Å²) in [6.07, 6.45) is 2.17. The zero-order valence-corrected chi connectivity index (χ0v) is 11.2. The van der Waals surface area contributed by atoms with Gasteiger partial charge in [-0.1, -0.05) is 18.7 Å². The van der Waals surface area contributed by atoms with Gasteiger partial charge >= 0.3 is 5.69 Å². The fraction of sp³-hybridized carbons (Fsp3) is 0.600. The molecule has 0 aromatic carbocycles. The van der Waals surface area contributed by atoms with Crippen molar-refractivity contribution < 1.29 is 9.66 Å². The molecule has 1 heterocycles. The summed E-state index contributed by atoms with van der Waals surface area (Å²) in [5.41, 5.74) is -0.0712. The largest absolute Gasteiger partial charge is 0.384 e. The zero-order valence-electron chi connectivity index (χ0n) is 10.4. The molecule has 0 atom stereocenters. The van der Waals surface area contributed by atoms with Crippen LogP contribution in [0.15, 0.2) is 11.2 Å². The van der Waals surface area contributed by atoms with Gasteiger partial charge in [0.2, 0.25) is 5.95 Å². The third kappa shape index (κ3) is 4.46. The van der Waals surface area contributed by atoms with Crippen molar-refractivity contribution in [3.05, 3.63) is 16.3 Å². The normalized spacial score (nSPS) is 10.3. The van der Waals surface area contributed by atoms with E-state index in [1.807, 2.05) is 6.92 Å². The first-order valence-corrected chi connectivity index (χ1v) is 6.54. The number of ether oxygens (including phenoxy) is 1. The molecular weight excluding hydrogens is 256 g/mol. The SMILES string of the molecule is CCCNc1ncc([N+](=O)[O-])c(SCCOC)n1. The van der Waals surface area contributed by atoms with Gasteiger partial charge in [-0.25, -0.2) is 4.98 Å². The topological polar surface area (TPSA) is 90.2 Å². The van der Waals surface area contributed by atoms with E-state index in [9.17, 15) is 10.1 Å². The van der Waals surface area contributed by atoms with Crippen LogP contribution in [0.5, 0.6) is 0 Å². The third-order valence-corrected chi connectivity index (χ3v) is 2.94. The number of nitrogens with one attached hydrogen (secondary N) is 1. The predicted molar refractivity (Wildman–Crippen MR) is 70.1 cm³/mol. The number of thioether (sulfide) groups is 1. The van der Waals surface area contributed by atoms with E-state index in [1.54, 1.807) is 7.11 Å². The summed E-state index contributed by atoms with van der Waals surface area (Å²) in [4.78, 5) is 18.4. The number of methoxy groups -OCH3 is 1. The van der Waals surface area contributed by atoms with Crippen LogP contribution < -0.4 is 5.32 Å². The summed E-state index contributed by atoms with van der Waals surface area (Å²) < 4.78 is 4.91. The van der Waals surface area contributed by atoms with Crippen LogP contribution in [0, 0.1) is 10.1 Å². The first kappa shape index (κ1) is 14.7. The van der Waals surface area contributed by atoms with Crippen molar-refractivity contribution in [2.75, 3.05) is 31.3 Å². The maximum absolute atomic E-state index is 10.8. The highest BCUT2D eigenvalue weighted by Crippen LogP contribution is 2.27. The number of anilines is 1. The van der Waals surface area contributed by atoms with Crippen molar-refractivity contribution in [3.8, 4) is 0 Å². The molecule has 0 aliphatic rings. The van der Waals surface area contributed by atoms with Gasteiger partial charge < -0.3 is 10.1 Å². The Hall–Kier alpha value is -1.41. The van der Waals surface area contributed by atoms with Crippen molar-refractivity contribution in [2.24, 2.45) is 0 Å². The lowest BCUT2D eigenvalue weighted by atomic mass is 10.5. The van der Waals surface area contributed by atoms with Gasteiger partial charge in [-0.2, -0.15) is 4.98 Å². The highest BCUT2D eigenvalue weighted by atomic mass is 32.2. The molecular formula is C10H16N4O3S. The lowest BCUT2D eigenvalue weighted by molar-refractivity contribution is -0.388. The van der Waals surface area contributed by atoms with Crippen LogP contribution in [0.4, 0.5) is 11.6 Å². The molecule has 0 unspecified atom stereocenters. The Bertz CT molecular complexity index is 403. The molecule has 0 fully saturated rings. The number of hydrogen-bond acceptors (Lipinski definition) is 7. The Morgan fingerprint density at radius 3 is 3.00 bits per heavy atom. The van der Waals surface area contributed by atoms with Crippen molar-refractivity contribution in [1.29, 1.82) is 0 Å². The summed E-state index contributed by atoms with van der Waals surface area (Å²) in [7, 11) is 1.59. The molecule has 0 aliphatic carbocycles. The first-order valence-electron chi connectivity index (χ1n) is 5.56. The number of nitro groups is 1. The van der Waals surface area contributed by atoms with Crippen LogP contribution in [-0.2, 0) is 4.74 Å². The highest BCUT2D eigenvalue weighted by Gasteiger charge is 2.17. The minimum atomic E-state index is -0.473. The minimum Gasteiger partial charge on any atom is -0.384 e. The van der Waals surface area contributed by atoms with Crippen molar-refractivity contribution in [3.63, 3.8) is 0 Å². The number of hydrogen-bond donors (Lipinski definition) is 1. The Morgan fingerprint density at radius 1 is 1.61 bits per heavy atom. The van der Waals surface area contributed by atoms with E-state index in [2.05, 4.69) is 15.3 Å². The van der Waals surface area contributed by atoms with E-state index in [1.165, 1.54) is 18.0 Å². The average Bonchev–Trinajstić information content (AvgIpc) is 2.36. The van der Waals surface area contributed by atoms with E-state index in [4.69, 9.17) is 4.74 Å². The lowest BCUT2D eigenvalue weighted by Gasteiger charge is -2.05. The molecule has 18 heavy (non-hydrogen) atoms. The second-order valence-corrected chi connectivity index (χ2v) is 4.49. The Morgan fingerprint density at radius 2 is 2.39 bits per heavy atom. The quantitative estimate of drug-likeness (QED) is 0.254. The van der Waals surface area contributed by atoms with Gasteiger partial charge in [0.05, 0.1) is 11.5 Å². The third-order valence-electron chi connectivity index (χ3n) is 1.99. The van der Waals surface area contributed by atoms with Crippen LogP contribution in [0.25, 0.3) is 0 Å². The standard InChI is InChI=1S/C10H16N4O3S/c1-3-4-11-10-12-7-8(14(15)16)9(13-10)18-6-5-17-2/h7H,3-6H2,1-2H3,(H,11,12,13). The fourth-order valence-electron chi connectivity index (χ4n) is 1.13. The molecule has 0 radical (unpaired) electrons. The second kappa shape index (κ2) is 7.83. The molecule has 1 N–H and O–H groups in total. The Balaban J connectivity index is 2.82. The van der Waals surface area contributed by atoms with E-state index < -0.39 is 4.92 Å². The maximum atomic E-state index is 10.8. The summed E-state index contributed by atoms with van der Waals surface area (Å²) in [6, 6.07) is 0. The highest BCUT2D eigenvalue weighted by molar-refractivity contribution is 7.99. The smallest absolute Gasteiger partial charge is 0.319 e. The van der Waals surface area contributed by atoms with Crippen molar-refractivity contribution >= 4 is 23.4 Å². The Labute approximate surface area is 109 Å². The van der Waals surface area contributed by atoms with E-state index in [0.717, 1.165) is 13.0 Å². The molecule has 1 aromatic heterocycles. The van der Waals surface area contributed by atoms with Gasteiger partial charge in [0.1, 0.15) is 6.20 Å². The van der Waals surface area contributed by atoms with Crippen LogP contribution >= 0.6 is 11.8 Å². The molecule has 100 valence electrons. The monoisotopic (exact) mass is 272 g/mol. The van der Waals surface area contributed by atoms with E-state index in [0.29, 0.717) is 23.3 Å². The molecule has 0 amide bonds. The fourth-order valence-corrected chi connectivity index (χ4v) is 2.00. The van der Waals surface area contributed by atoms with Crippen molar-refractivity contribution in [2.45, 2.75) is 18.4 Å². The Kier molecular flexibility index (Phi) is 6.37. The van der Waals surface area contributed by atoms with Crippen LogP contribution in [-0.4, -0.2) is 40.9 Å². The first-order chi connectivity index (χ1) is 8.69. The van der Waals surface area contributed by atoms with Gasteiger partial charge in [0.15, 0.2) is 5.03 Å². The average molecular weight is 272 g/mol. The van der Waals surface area contributed by atoms with E-state index in [-0.39, 0.29) is 5.69 Å². The molecule has 1 aromatic rings. The molecule has 7 nitrogen and oxygen atoms in total. The van der Waals surface area contributed by atoms with Crippen molar-refractivity contribution in [1.82, 2.24) is 9.97 Å².